The Morgan fingerprint density at radius 3 is 2.45 bits per heavy atom. The van der Waals surface area contributed by atoms with Crippen molar-refractivity contribution in [3.05, 3.63) is 24.2 Å². The van der Waals surface area contributed by atoms with Gasteiger partial charge in [-0.1, -0.05) is 20.8 Å². The van der Waals surface area contributed by atoms with E-state index in [4.69, 9.17) is 18.6 Å². The lowest BCUT2D eigenvalue weighted by atomic mass is 9.33. The topological polar surface area (TPSA) is 159 Å². The van der Waals surface area contributed by atoms with Crippen molar-refractivity contribution in [2.75, 3.05) is 6.61 Å². The van der Waals surface area contributed by atoms with Crippen LogP contribution in [0.4, 0.5) is 0 Å². The highest BCUT2D eigenvalue weighted by atomic mass is 16.6. The standard InChI is InChI=1S/C28H36O10/c1-12(29)37-18-9-17(31)27-11-36-23(34)24(18,2)15(27)8-16(30)26(4)21(27)20(32)22(33)25(3)14(13-5-6-35-10-13)7-19-28(25,26)38-19/h5-6,10,14-19,21-23,30-31,33-34H,7-9,11H2,1-4H3/t14-,15-,16+,17-,18+,19+,21-,22?,23?,24+,25+,26+,27+,28+/m0/s1. The molecule has 4 aliphatic carbocycles. The number of ketones is 1. The molecule has 0 aromatic carbocycles. The highest BCUT2D eigenvalue weighted by molar-refractivity contribution is 5.91. The molecule has 4 saturated carbocycles. The summed E-state index contributed by atoms with van der Waals surface area (Å²) in [7, 11) is 0. The zero-order valence-corrected chi connectivity index (χ0v) is 22.0. The van der Waals surface area contributed by atoms with Crippen LogP contribution in [0.5, 0.6) is 0 Å². The molecule has 3 heterocycles. The van der Waals surface area contributed by atoms with Crippen molar-refractivity contribution in [1.82, 2.24) is 0 Å². The van der Waals surface area contributed by atoms with E-state index >= 15 is 0 Å². The molecule has 1 spiro atoms. The van der Waals surface area contributed by atoms with Crippen LogP contribution in [-0.2, 0) is 23.8 Å². The van der Waals surface area contributed by atoms with Gasteiger partial charge in [0.2, 0.25) is 0 Å². The normalized spacial score (nSPS) is 58.3. The third kappa shape index (κ3) is 2.36. The molecule has 14 atom stereocenters. The third-order valence-corrected chi connectivity index (χ3v) is 12.3. The molecule has 4 N–H and O–H groups in total. The number of epoxide rings is 1. The van der Waals surface area contributed by atoms with Crippen LogP contribution < -0.4 is 0 Å². The number of carbonyl (C=O) groups is 2. The number of aliphatic hydroxyl groups is 4. The molecule has 7 rings (SSSR count). The summed E-state index contributed by atoms with van der Waals surface area (Å²) in [5.74, 6) is -2.88. The Morgan fingerprint density at radius 1 is 1.05 bits per heavy atom. The smallest absolute Gasteiger partial charge is 0.302 e. The highest BCUT2D eigenvalue weighted by Gasteiger charge is 2.92. The second-order valence-electron chi connectivity index (χ2n) is 13.3. The summed E-state index contributed by atoms with van der Waals surface area (Å²) in [6.07, 6.45) is -2.21. The largest absolute Gasteiger partial charge is 0.472 e. The van der Waals surface area contributed by atoms with Gasteiger partial charge in [0.05, 0.1) is 42.9 Å². The van der Waals surface area contributed by atoms with E-state index in [2.05, 4.69) is 0 Å². The highest BCUT2D eigenvalue weighted by Crippen LogP contribution is 2.82. The van der Waals surface area contributed by atoms with E-state index in [1.807, 2.05) is 19.9 Å². The van der Waals surface area contributed by atoms with Crippen molar-refractivity contribution < 1.29 is 48.6 Å². The van der Waals surface area contributed by atoms with Crippen molar-refractivity contribution in [3.63, 3.8) is 0 Å². The van der Waals surface area contributed by atoms with Gasteiger partial charge in [0.1, 0.15) is 17.8 Å². The number of aliphatic hydroxyl groups excluding tert-OH is 4. The third-order valence-electron chi connectivity index (χ3n) is 12.3. The van der Waals surface area contributed by atoms with Crippen molar-refractivity contribution in [2.24, 2.45) is 33.5 Å². The first-order valence-corrected chi connectivity index (χ1v) is 13.6. The maximum Gasteiger partial charge on any atom is 0.302 e. The SMILES string of the molecule is CC(=O)O[C@@H]1C[C@H](O)[C@@]23COC(O)[C@]1(C)[C@@H]2C[C@@H](O)[C@]1(C)[C@@H]3C(=O)C(O)[C@@]2(C)[C@H](c3ccoc3)C[C@H]3O[C@@]312. The Hall–Kier alpha value is -1.82. The van der Waals surface area contributed by atoms with Crippen LogP contribution >= 0.6 is 0 Å². The van der Waals surface area contributed by atoms with Crippen molar-refractivity contribution in [1.29, 1.82) is 0 Å². The van der Waals surface area contributed by atoms with Gasteiger partial charge in [-0.3, -0.25) is 9.59 Å². The van der Waals surface area contributed by atoms with Crippen LogP contribution in [-0.4, -0.2) is 81.2 Å². The Balaban J connectivity index is 1.41. The molecule has 6 fully saturated rings. The molecule has 2 bridgehead atoms. The molecule has 0 radical (unpaired) electrons. The first-order chi connectivity index (χ1) is 17.8. The van der Waals surface area contributed by atoms with Crippen LogP contribution in [0.25, 0.3) is 0 Å². The molecule has 2 aliphatic heterocycles. The predicted molar refractivity (Wildman–Crippen MR) is 127 cm³/mol. The average Bonchev–Trinajstić information content (AvgIpc) is 3.22. The van der Waals surface area contributed by atoms with Gasteiger partial charge in [-0.15, -0.1) is 0 Å². The molecular weight excluding hydrogens is 496 g/mol. The number of rotatable bonds is 2. The van der Waals surface area contributed by atoms with Gasteiger partial charge in [-0.05, 0) is 30.4 Å². The van der Waals surface area contributed by atoms with E-state index < -0.39 is 81.6 Å². The summed E-state index contributed by atoms with van der Waals surface area (Å²) < 4.78 is 23.3. The van der Waals surface area contributed by atoms with Crippen LogP contribution in [0.2, 0.25) is 0 Å². The molecule has 1 aromatic rings. The number of hydrogen-bond acceptors (Lipinski definition) is 10. The van der Waals surface area contributed by atoms with Crippen molar-refractivity contribution >= 4 is 11.8 Å². The molecule has 38 heavy (non-hydrogen) atoms. The molecule has 10 nitrogen and oxygen atoms in total. The fraction of sp³-hybridized carbons (Fsp3) is 0.786. The monoisotopic (exact) mass is 532 g/mol. The second kappa shape index (κ2) is 7.27. The van der Waals surface area contributed by atoms with Gasteiger partial charge in [-0.25, -0.2) is 0 Å². The van der Waals surface area contributed by atoms with Gasteiger partial charge in [0, 0.05) is 41.4 Å². The minimum Gasteiger partial charge on any atom is -0.472 e. The van der Waals surface area contributed by atoms with E-state index in [0.29, 0.717) is 6.42 Å². The molecule has 6 aliphatic rings. The Bertz CT molecular complexity index is 1200. The lowest BCUT2D eigenvalue weighted by Gasteiger charge is -2.72. The molecule has 1 aromatic heterocycles. The maximum atomic E-state index is 14.5. The van der Waals surface area contributed by atoms with Gasteiger partial charge in [0.25, 0.3) is 0 Å². The minimum atomic E-state index is -1.43. The van der Waals surface area contributed by atoms with Crippen LogP contribution in [0.3, 0.4) is 0 Å². The maximum absolute atomic E-state index is 14.5. The fourth-order valence-corrected chi connectivity index (χ4v) is 10.7. The second-order valence-corrected chi connectivity index (χ2v) is 13.3. The number of Topliss-reactive ketones (excluding diaryl/α,β-unsaturated/α-hetero) is 1. The van der Waals surface area contributed by atoms with Crippen molar-refractivity contribution in [2.45, 2.75) is 95.3 Å². The first kappa shape index (κ1) is 25.2. The summed E-state index contributed by atoms with van der Waals surface area (Å²) in [5, 5.41) is 46.8. The van der Waals surface area contributed by atoms with Crippen molar-refractivity contribution in [3.8, 4) is 0 Å². The van der Waals surface area contributed by atoms with Gasteiger partial charge < -0.3 is 39.1 Å². The lowest BCUT2D eigenvalue weighted by molar-refractivity contribution is -0.373. The lowest BCUT2D eigenvalue weighted by Crippen LogP contribution is -2.82. The van der Waals surface area contributed by atoms with Gasteiger partial charge in [0.15, 0.2) is 12.1 Å². The quantitative estimate of drug-likeness (QED) is 0.318. The fourth-order valence-electron chi connectivity index (χ4n) is 10.7. The molecular formula is C28H36O10. The summed E-state index contributed by atoms with van der Waals surface area (Å²) in [5.41, 5.74) is -4.74. The van der Waals surface area contributed by atoms with Gasteiger partial charge >= 0.3 is 5.97 Å². The van der Waals surface area contributed by atoms with E-state index in [9.17, 15) is 30.0 Å². The number of furan rings is 1. The molecule has 2 unspecified atom stereocenters. The van der Waals surface area contributed by atoms with E-state index in [1.54, 1.807) is 19.5 Å². The van der Waals surface area contributed by atoms with E-state index in [1.165, 1.54) is 6.92 Å². The Labute approximate surface area is 220 Å². The Morgan fingerprint density at radius 2 is 1.79 bits per heavy atom. The molecule has 10 heteroatoms. The molecule has 0 amide bonds. The Kier molecular flexibility index (Phi) is 4.82. The zero-order chi connectivity index (χ0) is 27.2. The summed E-state index contributed by atoms with van der Waals surface area (Å²) >= 11 is 0. The average molecular weight is 533 g/mol. The minimum absolute atomic E-state index is 0.00521. The zero-order valence-electron chi connectivity index (χ0n) is 22.0. The number of fused-ring (bicyclic) bond motifs is 1. The number of carbonyl (C=O) groups excluding carboxylic acids is 2. The summed E-state index contributed by atoms with van der Waals surface area (Å²) in [4.78, 5) is 26.5. The van der Waals surface area contributed by atoms with E-state index in [0.717, 1.165) is 5.56 Å². The molecule has 208 valence electrons. The predicted octanol–water partition coefficient (Wildman–Crippen LogP) is 0.895. The van der Waals surface area contributed by atoms with Crippen LogP contribution in [0.15, 0.2) is 23.0 Å². The van der Waals surface area contributed by atoms with E-state index in [-0.39, 0.29) is 31.5 Å². The molecule has 2 saturated heterocycles. The number of esters is 1. The summed E-state index contributed by atoms with van der Waals surface area (Å²) in [6.45, 7) is 6.61. The number of hydrogen-bond donors (Lipinski definition) is 4. The van der Waals surface area contributed by atoms with Crippen LogP contribution in [0, 0.1) is 33.5 Å². The first-order valence-electron chi connectivity index (χ1n) is 13.6. The summed E-state index contributed by atoms with van der Waals surface area (Å²) in [6, 6.07) is 1.84. The van der Waals surface area contributed by atoms with Crippen LogP contribution in [0.1, 0.15) is 58.4 Å². The number of ether oxygens (including phenoxy) is 3. The van der Waals surface area contributed by atoms with Gasteiger partial charge in [-0.2, -0.15) is 0 Å².